The Kier molecular flexibility index (Phi) is 4.05. The highest BCUT2D eigenvalue weighted by molar-refractivity contribution is 6.02. The Morgan fingerprint density at radius 1 is 1.46 bits per heavy atom. The Morgan fingerprint density at radius 3 is 2.77 bits per heavy atom. The van der Waals surface area contributed by atoms with E-state index < -0.39 is 35.2 Å². The first kappa shape index (κ1) is 18.0. The summed E-state index contributed by atoms with van der Waals surface area (Å²) in [5.74, 6) is -0.939. The number of hydrogen-bond donors (Lipinski definition) is 2. The van der Waals surface area contributed by atoms with Gasteiger partial charge in [0.1, 0.15) is 17.3 Å². The summed E-state index contributed by atoms with van der Waals surface area (Å²) in [5, 5.41) is 2.74. The molecule has 26 heavy (non-hydrogen) atoms. The van der Waals surface area contributed by atoms with E-state index in [2.05, 4.69) is 10.3 Å². The van der Waals surface area contributed by atoms with Crippen LogP contribution in [0.3, 0.4) is 0 Å². The number of rotatable bonds is 1. The van der Waals surface area contributed by atoms with Gasteiger partial charge in [-0.25, -0.2) is 9.78 Å². The van der Waals surface area contributed by atoms with Gasteiger partial charge in [-0.1, -0.05) is 0 Å². The van der Waals surface area contributed by atoms with E-state index in [1.807, 2.05) is 6.92 Å². The predicted molar refractivity (Wildman–Crippen MR) is 91.5 cm³/mol. The SMILES string of the molecule is Cc1cnc2c(c1)NC(=O)C1(C[C@@H](C(N)=O)N(C(=O)OC(C)(C)C)C1)O2. The molecule has 9 heteroatoms. The summed E-state index contributed by atoms with van der Waals surface area (Å²) in [6.45, 7) is 6.82. The van der Waals surface area contributed by atoms with E-state index in [4.69, 9.17) is 15.2 Å². The smallest absolute Gasteiger partial charge is 0.411 e. The molecule has 1 spiro atoms. The van der Waals surface area contributed by atoms with Gasteiger partial charge < -0.3 is 20.5 Å². The number of fused-ring (bicyclic) bond motifs is 1. The van der Waals surface area contributed by atoms with Crippen molar-refractivity contribution in [3.8, 4) is 5.88 Å². The minimum Gasteiger partial charge on any atom is -0.457 e. The van der Waals surface area contributed by atoms with Gasteiger partial charge in [0.25, 0.3) is 5.91 Å². The minimum atomic E-state index is -1.44. The Balaban J connectivity index is 1.91. The Hall–Kier alpha value is -2.84. The van der Waals surface area contributed by atoms with Crippen molar-refractivity contribution < 1.29 is 23.9 Å². The number of carbonyl (C=O) groups excluding carboxylic acids is 3. The van der Waals surface area contributed by atoms with Crippen LogP contribution in [0.15, 0.2) is 12.3 Å². The Morgan fingerprint density at radius 2 is 2.15 bits per heavy atom. The fourth-order valence-corrected chi connectivity index (χ4v) is 3.07. The second-order valence-electron chi connectivity index (χ2n) is 7.65. The number of nitrogens with one attached hydrogen (secondary N) is 1. The highest BCUT2D eigenvalue weighted by atomic mass is 16.6. The van der Waals surface area contributed by atoms with E-state index in [9.17, 15) is 14.4 Å². The van der Waals surface area contributed by atoms with E-state index in [1.54, 1.807) is 33.0 Å². The summed E-state index contributed by atoms with van der Waals surface area (Å²) < 4.78 is 11.2. The lowest BCUT2D eigenvalue weighted by Crippen LogP contribution is -2.53. The molecular formula is C17H22N4O5. The first-order valence-corrected chi connectivity index (χ1v) is 8.27. The highest BCUT2D eigenvalue weighted by Crippen LogP contribution is 2.39. The zero-order valence-electron chi connectivity index (χ0n) is 15.2. The molecule has 9 nitrogen and oxygen atoms in total. The van der Waals surface area contributed by atoms with Crippen molar-refractivity contribution in [2.24, 2.45) is 5.73 Å². The van der Waals surface area contributed by atoms with Gasteiger partial charge in [-0.3, -0.25) is 14.5 Å². The summed E-state index contributed by atoms with van der Waals surface area (Å²) in [6.07, 6.45) is 0.815. The van der Waals surface area contributed by atoms with Gasteiger partial charge in [-0.2, -0.15) is 0 Å². The molecule has 3 heterocycles. The third-order valence-electron chi connectivity index (χ3n) is 4.22. The molecule has 2 aliphatic heterocycles. The lowest BCUT2D eigenvalue weighted by molar-refractivity contribution is -0.131. The number of hydrogen-bond acceptors (Lipinski definition) is 6. The van der Waals surface area contributed by atoms with E-state index in [0.29, 0.717) is 5.69 Å². The molecule has 1 saturated heterocycles. The quantitative estimate of drug-likeness (QED) is 0.767. The molecule has 140 valence electrons. The van der Waals surface area contributed by atoms with Crippen LogP contribution in [0.2, 0.25) is 0 Å². The molecule has 0 saturated carbocycles. The van der Waals surface area contributed by atoms with Crippen LogP contribution in [-0.4, -0.2) is 51.6 Å². The van der Waals surface area contributed by atoms with Crippen LogP contribution in [0.25, 0.3) is 0 Å². The molecule has 2 atom stereocenters. The molecule has 1 fully saturated rings. The Labute approximate surface area is 150 Å². The van der Waals surface area contributed by atoms with Crippen molar-refractivity contribution >= 4 is 23.6 Å². The van der Waals surface area contributed by atoms with Crippen LogP contribution in [0, 0.1) is 6.92 Å². The van der Waals surface area contributed by atoms with Crippen molar-refractivity contribution in [3.05, 3.63) is 17.8 Å². The van der Waals surface area contributed by atoms with Gasteiger partial charge in [0.2, 0.25) is 17.4 Å². The average molecular weight is 362 g/mol. The number of primary amides is 1. The maximum Gasteiger partial charge on any atom is 0.411 e. The summed E-state index contributed by atoms with van der Waals surface area (Å²) in [6, 6.07) is 0.724. The average Bonchev–Trinajstić information content (AvgIpc) is 2.88. The third-order valence-corrected chi connectivity index (χ3v) is 4.22. The molecular weight excluding hydrogens is 340 g/mol. The lowest BCUT2D eigenvalue weighted by atomic mass is 9.97. The second kappa shape index (κ2) is 5.86. The highest BCUT2D eigenvalue weighted by Gasteiger charge is 2.57. The fourth-order valence-electron chi connectivity index (χ4n) is 3.07. The molecule has 1 aromatic heterocycles. The number of amides is 3. The summed E-state index contributed by atoms with van der Waals surface area (Å²) >= 11 is 0. The maximum absolute atomic E-state index is 12.7. The monoisotopic (exact) mass is 362 g/mol. The van der Waals surface area contributed by atoms with Crippen LogP contribution in [-0.2, 0) is 14.3 Å². The number of likely N-dealkylation sites (tertiary alicyclic amines) is 1. The normalized spacial score (nSPS) is 24.7. The Bertz CT molecular complexity index is 788. The standard InChI is InChI=1S/C17H22N4O5/c1-9-5-10-13(19-7-9)25-17(14(23)20-10)6-11(12(18)22)21(8-17)15(24)26-16(2,3)4/h5,7,11H,6,8H2,1-4H3,(H2,18,22)(H,20,23)/t11-,17?/m0/s1. The fraction of sp³-hybridized carbons (Fsp3) is 0.529. The summed E-state index contributed by atoms with van der Waals surface area (Å²) in [5.41, 5.74) is 4.57. The van der Waals surface area contributed by atoms with Crippen LogP contribution in [0.5, 0.6) is 5.88 Å². The van der Waals surface area contributed by atoms with Crippen molar-refractivity contribution in [3.63, 3.8) is 0 Å². The van der Waals surface area contributed by atoms with Crippen LogP contribution < -0.4 is 15.8 Å². The van der Waals surface area contributed by atoms with Crippen LogP contribution >= 0.6 is 0 Å². The molecule has 3 N–H and O–H groups in total. The van der Waals surface area contributed by atoms with E-state index in [-0.39, 0.29) is 18.8 Å². The van der Waals surface area contributed by atoms with Gasteiger partial charge in [-0.05, 0) is 39.3 Å². The number of nitrogens with zero attached hydrogens (tertiary/aromatic N) is 2. The van der Waals surface area contributed by atoms with E-state index in [0.717, 1.165) is 10.5 Å². The summed E-state index contributed by atoms with van der Waals surface area (Å²) in [4.78, 5) is 42.4. The molecule has 0 radical (unpaired) electrons. The molecule has 1 unspecified atom stereocenters. The minimum absolute atomic E-state index is 0.0671. The largest absolute Gasteiger partial charge is 0.457 e. The molecule has 2 aliphatic rings. The number of pyridine rings is 1. The topological polar surface area (TPSA) is 124 Å². The van der Waals surface area contributed by atoms with Gasteiger partial charge in [0.05, 0.1) is 6.54 Å². The predicted octanol–water partition coefficient (Wildman–Crippen LogP) is 0.954. The zero-order valence-corrected chi connectivity index (χ0v) is 15.2. The van der Waals surface area contributed by atoms with Crippen molar-refractivity contribution in [2.45, 2.75) is 51.4 Å². The number of ether oxygens (including phenoxy) is 2. The lowest BCUT2D eigenvalue weighted by Gasteiger charge is -2.33. The number of aromatic nitrogens is 1. The molecule has 0 aromatic carbocycles. The van der Waals surface area contributed by atoms with Gasteiger partial charge in [0, 0.05) is 12.6 Å². The molecule has 0 bridgehead atoms. The van der Waals surface area contributed by atoms with E-state index in [1.165, 1.54) is 0 Å². The molecule has 3 rings (SSSR count). The molecule has 0 aliphatic carbocycles. The van der Waals surface area contributed by atoms with Crippen molar-refractivity contribution in [2.75, 3.05) is 11.9 Å². The molecule has 3 amide bonds. The van der Waals surface area contributed by atoms with Gasteiger partial charge in [-0.15, -0.1) is 0 Å². The third kappa shape index (κ3) is 3.16. The van der Waals surface area contributed by atoms with E-state index >= 15 is 0 Å². The van der Waals surface area contributed by atoms with Gasteiger partial charge in [0.15, 0.2) is 0 Å². The second-order valence-corrected chi connectivity index (χ2v) is 7.65. The van der Waals surface area contributed by atoms with Gasteiger partial charge >= 0.3 is 6.09 Å². The zero-order chi connectivity index (χ0) is 19.3. The van der Waals surface area contributed by atoms with Crippen molar-refractivity contribution in [1.82, 2.24) is 9.88 Å². The summed E-state index contributed by atoms with van der Waals surface area (Å²) in [7, 11) is 0. The van der Waals surface area contributed by atoms with Crippen LogP contribution in [0.1, 0.15) is 32.8 Å². The van der Waals surface area contributed by atoms with Crippen molar-refractivity contribution in [1.29, 1.82) is 0 Å². The number of anilines is 1. The number of nitrogens with two attached hydrogens (primary N) is 1. The number of aryl methyl sites for hydroxylation is 1. The first-order chi connectivity index (χ1) is 12.0. The maximum atomic E-state index is 12.7. The molecule has 1 aromatic rings. The van der Waals surface area contributed by atoms with Crippen LogP contribution in [0.4, 0.5) is 10.5 Å². The number of carbonyl (C=O) groups is 3. The first-order valence-electron chi connectivity index (χ1n) is 8.27.